The molecule has 8 nitrogen and oxygen atoms in total. The second-order valence-corrected chi connectivity index (χ2v) is 16.3. The van der Waals surface area contributed by atoms with E-state index in [-0.39, 0.29) is 16.0 Å². The van der Waals surface area contributed by atoms with Crippen LogP contribution in [0.5, 0.6) is 5.88 Å². The van der Waals surface area contributed by atoms with Gasteiger partial charge in [0.1, 0.15) is 11.6 Å². The van der Waals surface area contributed by atoms with Crippen molar-refractivity contribution >= 4 is 35.0 Å². The lowest BCUT2D eigenvalue weighted by molar-refractivity contribution is -0.127. The van der Waals surface area contributed by atoms with Gasteiger partial charge in [0.25, 0.3) is 5.56 Å². The predicted octanol–water partition coefficient (Wildman–Crippen LogP) is 8.09. The number of anilines is 1. The summed E-state index contributed by atoms with van der Waals surface area (Å²) < 4.78 is 0.891. The van der Waals surface area contributed by atoms with Crippen LogP contribution in [-0.2, 0) is 4.79 Å². The maximum atomic E-state index is 14.3. The molecule has 0 saturated carbocycles. The molecule has 1 amide bonds. The molecule has 0 bridgehead atoms. The summed E-state index contributed by atoms with van der Waals surface area (Å²) in [6.07, 6.45) is 11.0. The van der Waals surface area contributed by atoms with Crippen LogP contribution in [0.3, 0.4) is 0 Å². The molecule has 2 heterocycles. The zero-order chi connectivity index (χ0) is 38.2. The second kappa shape index (κ2) is 18.0. The van der Waals surface area contributed by atoms with E-state index in [1.807, 2.05) is 6.07 Å². The lowest BCUT2D eigenvalue weighted by atomic mass is 9.95. The van der Waals surface area contributed by atoms with Crippen LogP contribution < -0.4 is 25.9 Å². The number of thiazole rings is 1. The molecule has 0 saturated heterocycles. The molecule has 2 unspecified atom stereocenters. The number of aryl methyl sites for hydroxylation is 3. The van der Waals surface area contributed by atoms with E-state index in [9.17, 15) is 20.0 Å². The van der Waals surface area contributed by atoms with Gasteiger partial charge in [-0.05, 0) is 62.7 Å². The van der Waals surface area contributed by atoms with Crippen LogP contribution in [0, 0.1) is 49.4 Å². The lowest BCUT2D eigenvalue weighted by Crippen LogP contribution is -2.55. The van der Waals surface area contributed by atoms with Gasteiger partial charge in [0.05, 0.1) is 15.8 Å². The van der Waals surface area contributed by atoms with E-state index < -0.39 is 22.8 Å². The van der Waals surface area contributed by atoms with E-state index in [4.69, 9.17) is 4.98 Å². The molecule has 3 aromatic rings. The summed E-state index contributed by atoms with van der Waals surface area (Å²) in [6, 6.07) is 6.33. The monoisotopic (exact) mass is 715 g/mol. The first-order valence-corrected chi connectivity index (χ1v) is 19.6. The average Bonchev–Trinajstić information content (AvgIpc) is 3.47. The maximum absolute atomic E-state index is 14.3. The average molecular weight is 716 g/mol. The van der Waals surface area contributed by atoms with Gasteiger partial charge in [-0.3, -0.25) is 9.59 Å². The SMILES string of the molecule is C=c1c(C#N)c(O)n(N(C)C(=O)C(C)(C)C)c(=O)/c1=C\c1sc(N(CC(CC)CCCC)CC(CC)CCCC)nc1-c1c(C)cc(C)cc1C. The van der Waals surface area contributed by atoms with Crippen LogP contribution in [0.1, 0.15) is 127 Å². The third kappa shape index (κ3) is 9.71. The Labute approximate surface area is 310 Å². The minimum Gasteiger partial charge on any atom is -0.492 e. The van der Waals surface area contributed by atoms with Crippen molar-refractivity contribution in [2.45, 2.75) is 121 Å². The summed E-state index contributed by atoms with van der Waals surface area (Å²) in [5.74, 6) is 0.0554. The number of rotatable bonds is 16. The van der Waals surface area contributed by atoms with Crippen molar-refractivity contribution in [1.82, 2.24) is 9.66 Å². The summed E-state index contributed by atoms with van der Waals surface area (Å²) in [6.45, 7) is 26.4. The number of pyridine rings is 1. The van der Waals surface area contributed by atoms with Crippen molar-refractivity contribution in [1.29, 1.82) is 5.26 Å². The lowest BCUT2D eigenvalue weighted by Gasteiger charge is -2.30. The van der Waals surface area contributed by atoms with E-state index in [2.05, 4.69) is 72.1 Å². The topological polar surface area (TPSA) is 102 Å². The van der Waals surface area contributed by atoms with Gasteiger partial charge >= 0.3 is 0 Å². The van der Waals surface area contributed by atoms with Gasteiger partial charge in [-0.1, -0.05) is 123 Å². The molecule has 0 fully saturated rings. The van der Waals surface area contributed by atoms with Crippen LogP contribution in [0.2, 0.25) is 0 Å². The van der Waals surface area contributed by atoms with Crippen LogP contribution in [0.4, 0.5) is 5.13 Å². The van der Waals surface area contributed by atoms with E-state index in [0.29, 0.717) is 11.8 Å². The number of benzene rings is 1. The Bertz CT molecular complexity index is 1850. The second-order valence-electron chi connectivity index (χ2n) is 15.3. The fourth-order valence-electron chi connectivity index (χ4n) is 6.94. The minimum absolute atomic E-state index is 0.110. The number of hydrogen-bond acceptors (Lipinski definition) is 7. The fraction of sp³-hybridized carbons (Fsp3) is 0.571. The Hall–Kier alpha value is -3.90. The Kier molecular flexibility index (Phi) is 14.7. The molecule has 278 valence electrons. The highest BCUT2D eigenvalue weighted by molar-refractivity contribution is 7.16. The number of aromatic hydroxyl groups is 1. The first kappa shape index (κ1) is 41.5. The van der Waals surface area contributed by atoms with E-state index in [0.717, 1.165) is 99.3 Å². The molecule has 0 aliphatic carbocycles. The summed E-state index contributed by atoms with van der Waals surface area (Å²) in [5.41, 5.74) is 3.47. The zero-order valence-electron chi connectivity index (χ0n) is 33.1. The summed E-state index contributed by atoms with van der Waals surface area (Å²) in [7, 11) is 1.43. The molecular weight excluding hydrogens is 655 g/mol. The Morgan fingerprint density at radius 3 is 2.02 bits per heavy atom. The molecule has 2 atom stereocenters. The summed E-state index contributed by atoms with van der Waals surface area (Å²) in [5, 5.41) is 23.5. The molecule has 1 aromatic carbocycles. The molecule has 0 aliphatic heterocycles. The third-order valence-electron chi connectivity index (χ3n) is 9.97. The molecule has 0 spiro atoms. The summed E-state index contributed by atoms with van der Waals surface area (Å²) >= 11 is 1.55. The van der Waals surface area contributed by atoms with Crippen LogP contribution in [0.15, 0.2) is 16.9 Å². The first-order chi connectivity index (χ1) is 24.0. The normalized spacial score (nSPS) is 13.3. The molecule has 0 aliphatic rings. The smallest absolute Gasteiger partial charge is 0.280 e. The Morgan fingerprint density at radius 1 is 1.04 bits per heavy atom. The predicted molar refractivity (Wildman–Crippen MR) is 215 cm³/mol. The van der Waals surface area contributed by atoms with Crippen LogP contribution in [0.25, 0.3) is 23.9 Å². The number of carbonyl (C=O) groups excluding carboxylic acids is 1. The molecule has 51 heavy (non-hydrogen) atoms. The quantitative estimate of drug-likeness (QED) is 0.161. The molecule has 1 N–H and O–H groups in total. The summed E-state index contributed by atoms with van der Waals surface area (Å²) in [4.78, 5) is 36.3. The maximum Gasteiger partial charge on any atom is 0.280 e. The van der Waals surface area contributed by atoms with Gasteiger partial charge < -0.3 is 10.0 Å². The number of aromatic nitrogens is 2. The van der Waals surface area contributed by atoms with Gasteiger partial charge in [-0.25, -0.2) is 9.99 Å². The number of nitrogens with zero attached hydrogens (tertiary/aromatic N) is 5. The van der Waals surface area contributed by atoms with Gasteiger partial charge in [0, 0.05) is 36.3 Å². The van der Waals surface area contributed by atoms with Gasteiger partial charge in [0.15, 0.2) is 5.13 Å². The van der Waals surface area contributed by atoms with E-state index >= 15 is 0 Å². The highest BCUT2D eigenvalue weighted by Gasteiger charge is 2.30. The molecule has 3 rings (SSSR count). The van der Waals surface area contributed by atoms with Crippen LogP contribution >= 0.6 is 11.3 Å². The van der Waals surface area contributed by atoms with Crippen molar-refractivity contribution in [3.8, 4) is 23.2 Å². The van der Waals surface area contributed by atoms with E-state index in [1.54, 1.807) is 38.2 Å². The largest absolute Gasteiger partial charge is 0.492 e. The molecule has 2 aromatic heterocycles. The van der Waals surface area contributed by atoms with Crippen molar-refractivity contribution in [3.63, 3.8) is 0 Å². The molecule has 9 heteroatoms. The molecule has 0 radical (unpaired) electrons. The third-order valence-corrected chi connectivity index (χ3v) is 11.0. The van der Waals surface area contributed by atoms with Gasteiger partial charge in [-0.15, -0.1) is 0 Å². The van der Waals surface area contributed by atoms with Crippen molar-refractivity contribution in [3.05, 3.63) is 60.1 Å². The Balaban J connectivity index is 2.44. The highest BCUT2D eigenvalue weighted by atomic mass is 32.1. The zero-order valence-corrected chi connectivity index (χ0v) is 33.9. The van der Waals surface area contributed by atoms with Crippen molar-refractivity contribution < 1.29 is 9.90 Å². The highest BCUT2D eigenvalue weighted by Crippen LogP contribution is 2.38. The number of nitriles is 1. The number of carbonyl (C=O) groups is 1. The molecular formula is C42H61N5O3S. The van der Waals surface area contributed by atoms with Crippen LogP contribution in [-0.4, -0.2) is 40.8 Å². The first-order valence-electron chi connectivity index (χ1n) is 18.7. The number of amides is 1. The minimum atomic E-state index is -0.842. The van der Waals surface area contributed by atoms with E-state index in [1.165, 1.54) is 19.9 Å². The number of hydrogen-bond donors (Lipinski definition) is 1. The standard InChI is InChI=1S/C42H61N5O3S/c1-13-17-19-31(15-3)25-46(26-32(16-4)20-18-14-2)41-44-37(36-28(6)21-27(5)22-29(36)7)35(51-41)23-33-30(8)34(24-43)39(49)47(38(33)48)45(12)40(50)42(9,10)11/h21-23,31-32,49H,8,13-20,25-26H2,1-7,9-12H3/b33-23-. The van der Waals surface area contributed by atoms with Gasteiger partial charge in [-0.2, -0.15) is 9.94 Å². The van der Waals surface area contributed by atoms with Crippen molar-refractivity contribution in [2.75, 3.05) is 30.0 Å². The van der Waals surface area contributed by atoms with Crippen molar-refractivity contribution in [2.24, 2.45) is 17.3 Å². The Morgan fingerprint density at radius 2 is 1.57 bits per heavy atom. The fourth-order valence-corrected chi connectivity index (χ4v) is 7.97. The number of unbranched alkanes of at least 4 members (excludes halogenated alkanes) is 2. The van der Waals surface area contributed by atoms with Gasteiger partial charge in [0.2, 0.25) is 11.8 Å².